The van der Waals surface area contributed by atoms with Crippen LogP contribution in [0.5, 0.6) is 5.75 Å². The fourth-order valence-corrected chi connectivity index (χ4v) is 2.23. The van der Waals surface area contributed by atoms with E-state index in [0.29, 0.717) is 0 Å². The molecule has 94 valence electrons. The number of hydrogen-bond donors (Lipinski definition) is 1. The van der Waals surface area contributed by atoms with E-state index in [1.54, 1.807) is 6.92 Å². The number of halogens is 3. The standard InChI is InChI=1S/C13H15F3O/c1-3-8-6-9(17)7-10(12(2)4-5-12)11(8)13(14,15)16/h6-7,17H,3-5H2,1-2H3. The summed E-state index contributed by atoms with van der Waals surface area (Å²) in [7, 11) is 0. The summed E-state index contributed by atoms with van der Waals surface area (Å²) in [6.07, 6.45) is -2.57. The van der Waals surface area contributed by atoms with Gasteiger partial charge < -0.3 is 5.11 Å². The second kappa shape index (κ2) is 3.65. The molecule has 4 heteroatoms. The summed E-state index contributed by atoms with van der Waals surface area (Å²) in [6.45, 7) is 3.49. The number of alkyl halides is 3. The lowest BCUT2D eigenvalue weighted by atomic mass is 9.88. The van der Waals surface area contributed by atoms with Gasteiger partial charge in [0, 0.05) is 0 Å². The Hall–Kier alpha value is -1.19. The SMILES string of the molecule is CCc1cc(O)cc(C2(C)CC2)c1C(F)(F)F. The molecule has 1 N–H and O–H groups in total. The highest BCUT2D eigenvalue weighted by molar-refractivity contribution is 5.49. The smallest absolute Gasteiger partial charge is 0.416 e. The van der Waals surface area contributed by atoms with Crippen molar-refractivity contribution in [3.63, 3.8) is 0 Å². The maximum atomic E-state index is 13.1. The maximum absolute atomic E-state index is 13.1. The molecule has 0 bridgehead atoms. The van der Waals surface area contributed by atoms with Crippen molar-refractivity contribution in [2.75, 3.05) is 0 Å². The molecule has 17 heavy (non-hydrogen) atoms. The van der Waals surface area contributed by atoms with Gasteiger partial charge in [0.05, 0.1) is 5.56 Å². The molecule has 0 heterocycles. The summed E-state index contributed by atoms with van der Waals surface area (Å²) in [5.41, 5.74) is -0.520. The molecule has 1 saturated carbocycles. The number of phenols is 1. The zero-order valence-electron chi connectivity index (χ0n) is 9.86. The maximum Gasteiger partial charge on any atom is 0.416 e. The van der Waals surface area contributed by atoms with Crippen molar-refractivity contribution in [1.29, 1.82) is 0 Å². The highest BCUT2D eigenvalue weighted by atomic mass is 19.4. The van der Waals surface area contributed by atoms with Crippen LogP contribution < -0.4 is 0 Å². The molecule has 1 aromatic carbocycles. The van der Waals surface area contributed by atoms with Gasteiger partial charge in [0.15, 0.2) is 0 Å². The van der Waals surface area contributed by atoms with Crippen LogP contribution in [0.15, 0.2) is 12.1 Å². The average Bonchev–Trinajstić information content (AvgIpc) is 2.94. The first-order valence-electron chi connectivity index (χ1n) is 5.71. The van der Waals surface area contributed by atoms with Gasteiger partial charge in [-0.1, -0.05) is 13.8 Å². The van der Waals surface area contributed by atoms with E-state index in [4.69, 9.17) is 0 Å². The van der Waals surface area contributed by atoms with Crippen LogP contribution in [0.4, 0.5) is 13.2 Å². The monoisotopic (exact) mass is 244 g/mol. The van der Waals surface area contributed by atoms with Gasteiger partial charge in [-0.25, -0.2) is 0 Å². The topological polar surface area (TPSA) is 20.2 Å². The fraction of sp³-hybridized carbons (Fsp3) is 0.538. The lowest BCUT2D eigenvalue weighted by Crippen LogP contribution is -2.17. The average molecular weight is 244 g/mol. The minimum absolute atomic E-state index is 0.0713. The predicted molar refractivity (Wildman–Crippen MR) is 59.1 cm³/mol. The molecule has 0 amide bonds. The van der Waals surface area contributed by atoms with Gasteiger partial charge in [-0.3, -0.25) is 0 Å². The summed E-state index contributed by atoms with van der Waals surface area (Å²) in [4.78, 5) is 0. The van der Waals surface area contributed by atoms with Crippen molar-refractivity contribution in [2.24, 2.45) is 0 Å². The molecular formula is C13H15F3O. The molecule has 0 unspecified atom stereocenters. The largest absolute Gasteiger partial charge is 0.508 e. The van der Waals surface area contributed by atoms with E-state index in [1.807, 2.05) is 6.92 Å². The molecule has 0 atom stereocenters. The predicted octanol–water partition coefficient (Wildman–Crippen LogP) is 4.02. The van der Waals surface area contributed by atoms with Gasteiger partial charge in [0.2, 0.25) is 0 Å². The van der Waals surface area contributed by atoms with Gasteiger partial charge in [0.1, 0.15) is 5.75 Å². The Morgan fingerprint density at radius 3 is 2.29 bits per heavy atom. The third-order valence-electron chi connectivity index (χ3n) is 3.52. The first-order valence-corrected chi connectivity index (χ1v) is 5.71. The third-order valence-corrected chi connectivity index (χ3v) is 3.52. The van der Waals surface area contributed by atoms with Crippen molar-refractivity contribution < 1.29 is 18.3 Å². The summed E-state index contributed by atoms with van der Waals surface area (Å²) >= 11 is 0. The van der Waals surface area contributed by atoms with Crippen molar-refractivity contribution in [3.8, 4) is 5.75 Å². The highest BCUT2D eigenvalue weighted by Gasteiger charge is 2.47. The van der Waals surface area contributed by atoms with E-state index in [2.05, 4.69) is 0 Å². The Morgan fingerprint density at radius 1 is 1.29 bits per heavy atom. The lowest BCUT2D eigenvalue weighted by molar-refractivity contribution is -0.139. The number of phenolic OH excluding ortho intramolecular Hbond substituents is 1. The molecule has 0 saturated heterocycles. The van der Waals surface area contributed by atoms with Crippen LogP contribution in [0.2, 0.25) is 0 Å². The Bertz CT molecular complexity index is 445. The number of aromatic hydroxyl groups is 1. The molecule has 2 rings (SSSR count). The summed E-state index contributed by atoms with van der Waals surface area (Å²) in [5.74, 6) is -0.0713. The molecule has 0 aromatic heterocycles. The normalized spacial score (nSPS) is 18.2. The summed E-state index contributed by atoms with van der Waals surface area (Å²) in [5, 5.41) is 9.54. The van der Waals surface area contributed by atoms with Gasteiger partial charge in [-0.15, -0.1) is 0 Å². The first-order chi connectivity index (χ1) is 7.78. The van der Waals surface area contributed by atoms with Crippen LogP contribution in [-0.4, -0.2) is 5.11 Å². The number of rotatable bonds is 2. The van der Waals surface area contributed by atoms with E-state index >= 15 is 0 Å². The fourth-order valence-electron chi connectivity index (χ4n) is 2.23. The quantitative estimate of drug-likeness (QED) is 0.832. The van der Waals surface area contributed by atoms with Crippen LogP contribution >= 0.6 is 0 Å². The van der Waals surface area contributed by atoms with Crippen LogP contribution in [-0.2, 0) is 18.0 Å². The minimum atomic E-state index is -4.35. The Balaban J connectivity index is 2.67. The highest BCUT2D eigenvalue weighted by Crippen LogP contribution is 2.53. The summed E-state index contributed by atoms with van der Waals surface area (Å²) < 4.78 is 39.3. The van der Waals surface area contributed by atoms with Crippen molar-refractivity contribution in [1.82, 2.24) is 0 Å². The van der Waals surface area contributed by atoms with E-state index in [1.165, 1.54) is 12.1 Å². The van der Waals surface area contributed by atoms with E-state index in [9.17, 15) is 18.3 Å². The minimum Gasteiger partial charge on any atom is -0.508 e. The van der Waals surface area contributed by atoms with Crippen LogP contribution in [0, 0.1) is 0 Å². The molecule has 0 aliphatic heterocycles. The van der Waals surface area contributed by atoms with Crippen LogP contribution in [0.3, 0.4) is 0 Å². The molecule has 1 aromatic rings. The van der Waals surface area contributed by atoms with Gasteiger partial charge in [-0.05, 0) is 47.9 Å². The van der Waals surface area contributed by atoms with Crippen molar-refractivity contribution in [3.05, 3.63) is 28.8 Å². The Labute approximate surface area is 98.3 Å². The third kappa shape index (κ3) is 2.13. The van der Waals surface area contributed by atoms with Crippen LogP contribution in [0.25, 0.3) is 0 Å². The first kappa shape index (κ1) is 12.3. The Morgan fingerprint density at radius 2 is 1.88 bits per heavy atom. The molecule has 1 fully saturated rings. The van der Waals surface area contributed by atoms with Gasteiger partial charge >= 0.3 is 6.18 Å². The second-order valence-electron chi connectivity index (χ2n) is 4.94. The number of aryl methyl sites for hydroxylation is 1. The van der Waals surface area contributed by atoms with Crippen molar-refractivity contribution in [2.45, 2.75) is 44.7 Å². The lowest BCUT2D eigenvalue weighted by Gasteiger charge is -2.21. The molecule has 1 aliphatic carbocycles. The zero-order valence-corrected chi connectivity index (χ0v) is 9.86. The van der Waals surface area contributed by atoms with Gasteiger partial charge in [-0.2, -0.15) is 13.2 Å². The number of hydrogen-bond acceptors (Lipinski definition) is 1. The van der Waals surface area contributed by atoms with E-state index in [-0.39, 0.29) is 23.3 Å². The van der Waals surface area contributed by atoms with Crippen molar-refractivity contribution >= 4 is 0 Å². The molecule has 1 nitrogen and oxygen atoms in total. The molecule has 0 spiro atoms. The molecule has 0 radical (unpaired) electrons. The molecule has 1 aliphatic rings. The van der Waals surface area contributed by atoms with Crippen LogP contribution in [0.1, 0.15) is 43.4 Å². The van der Waals surface area contributed by atoms with E-state index in [0.717, 1.165) is 12.8 Å². The zero-order chi connectivity index (χ0) is 12.8. The number of benzene rings is 1. The Kier molecular flexibility index (Phi) is 2.64. The second-order valence-corrected chi connectivity index (χ2v) is 4.94. The molecular weight excluding hydrogens is 229 g/mol. The van der Waals surface area contributed by atoms with Gasteiger partial charge in [0.25, 0.3) is 0 Å². The summed E-state index contributed by atoms with van der Waals surface area (Å²) in [6, 6.07) is 2.49. The van der Waals surface area contributed by atoms with E-state index < -0.39 is 17.2 Å².